The molecule has 0 spiro atoms. The topological polar surface area (TPSA) is 91.2 Å². The van der Waals surface area contributed by atoms with Gasteiger partial charge in [0.15, 0.2) is 0 Å². The fraction of sp³-hybridized carbons (Fsp3) is 0.0667. The van der Waals surface area contributed by atoms with Crippen LogP contribution in [-0.2, 0) is 0 Å². The molecule has 0 radical (unpaired) electrons. The molecule has 0 bridgehead atoms. The molecule has 2 rings (SSSR count). The molecule has 0 atom stereocenters. The number of carbonyl (C=O) groups is 1. The lowest BCUT2D eigenvalue weighted by Gasteiger charge is -2.05. The summed E-state index contributed by atoms with van der Waals surface area (Å²) in [5, 5.41) is 22.7. The normalized spacial score (nSPS) is 10.6. The second-order valence-electron chi connectivity index (χ2n) is 4.26. The average molecular weight is 304 g/mol. The van der Waals surface area contributed by atoms with Gasteiger partial charge in [-0.2, -0.15) is 5.10 Å². The number of hydrazone groups is 1. The van der Waals surface area contributed by atoms with E-state index in [1.54, 1.807) is 6.07 Å². The summed E-state index contributed by atoms with van der Waals surface area (Å²) in [6.45, 7) is 0. The summed E-state index contributed by atoms with van der Waals surface area (Å²) < 4.78 is 18.5. The number of phenolic OH excluding ortho intramolecular Hbond substituents is 2. The molecule has 1 amide bonds. The van der Waals surface area contributed by atoms with Crippen molar-refractivity contribution in [2.75, 3.05) is 7.11 Å². The van der Waals surface area contributed by atoms with E-state index in [1.165, 1.54) is 37.6 Å². The number of hydrogen-bond acceptors (Lipinski definition) is 5. The lowest BCUT2D eigenvalue weighted by molar-refractivity contribution is 0.0948. The van der Waals surface area contributed by atoms with Crippen molar-refractivity contribution in [2.45, 2.75) is 0 Å². The van der Waals surface area contributed by atoms with Crippen LogP contribution >= 0.6 is 0 Å². The molecule has 114 valence electrons. The van der Waals surface area contributed by atoms with Gasteiger partial charge in [0, 0.05) is 5.56 Å². The average Bonchev–Trinajstić information content (AvgIpc) is 2.49. The SMILES string of the molecule is COc1ccc(O)c(/C=N\NC(=O)c2c(O)cccc2F)c1. The van der Waals surface area contributed by atoms with Crippen LogP contribution in [0.1, 0.15) is 15.9 Å². The van der Waals surface area contributed by atoms with Crippen LogP contribution in [0, 0.1) is 5.82 Å². The number of methoxy groups -OCH3 is 1. The molecule has 0 fully saturated rings. The van der Waals surface area contributed by atoms with Crippen LogP contribution in [0.4, 0.5) is 4.39 Å². The number of phenols is 2. The monoisotopic (exact) mass is 304 g/mol. The summed E-state index contributed by atoms with van der Waals surface area (Å²) in [6.07, 6.45) is 1.17. The Balaban J connectivity index is 2.14. The van der Waals surface area contributed by atoms with Gasteiger partial charge < -0.3 is 14.9 Å². The van der Waals surface area contributed by atoms with Crippen LogP contribution < -0.4 is 10.2 Å². The Morgan fingerprint density at radius 2 is 2.05 bits per heavy atom. The molecule has 0 saturated carbocycles. The molecule has 0 aromatic heterocycles. The van der Waals surface area contributed by atoms with E-state index >= 15 is 0 Å². The molecule has 0 aliphatic heterocycles. The van der Waals surface area contributed by atoms with Gasteiger partial charge in [0.05, 0.1) is 13.3 Å². The third-order valence-corrected chi connectivity index (χ3v) is 2.82. The highest BCUT2D eigenvalue weighted by atomic mass is 19.1. The minimum atomic E-state index is -0.908. The molecule has 2 aromatic rings. The van der Waals surface area contributed by atoms with Crippen molar-refractivity contribution in [3.05, 3.63) is 53.3 Å². The van der Waals surface area contributed by atoms with Crippen LogP contribution in [0.5, 0.6) is 17.2 Å². The Hall–Kier alpha value is -3.09. The van der Waals surface area contributed by atoms with Crippen LogP contribution in [0.15, 0.2) is 41.5 Å². The summed E-state index contributed by atoms with van der Waals surface area (Å²) in [5.74, 6) is -1.83. The minimum absolute atomic E-state index is 0.0625. The third kappa shape index (κ3) is 3.32. The third-order valence-electron chi connectivity index (χ3n) is 2.82. The van der Waals surface area contributed by atoms with Crippen molar-refractivity contribution in [3.8, 4) is 17.2 Å². The van der Waals surface area contributed by atoms with Gasteiger partial charge in [-0.05, 0) is 30.3 Å². The van der Waals surface area contributed by atoms with Crippen LogP contribution in [-0.4, -0.2) is 29.4 Å². The van der Waals surface area contributed by atoms with Gasteiger partial charge in [-0.1, -0.05) is 6.07 Å². The Labute approximate surface area is 125 Å². The number of aromatic hydroxyl groups is 2. The lowest BCUT2D eigenvalue weighted by Crippen LogP contribution is -2.19. The molecule has 7 heteroatoms. The fourth-order valence-electron chi connectivity index (χ4n) is 1.72. The zero-order valence-corrected chi connectivity index (χ0v) is 11.6. The first-order chi connectivity index (χ1) is 10.5. The predicted octanol–water partition coefficient (Wildman–Crippen LogP) is 2.01. The first kappa shape index (κ1) is 15.3. The second-order valence-corrected chi connectivity index (χ2v) is 4.26. The van der Waals surface area contributed by atoms with E-state index in [1.807, 2.05) is 0 Å². The van der Waals surface area contributed by atoms with E-state index in [2.05, 4.69) is 10.5 Å². The van der Waals surface area contributed by atoms with Crippen molar-refractivity contribution >= 4 is 12.1 Å². The van der Waals surface area contributed by atoms with Gasteiger partial charge in [-0.15, -0.1) is 0 Å². The zero-order chi connectivity index (χ0) is 16.1. The maximum atomic E-state index is 13.5. The molecule has 2 aromatic carbocycles. The number of nitrogens with one attached hydrogen (secondary N) is 1. The Kier molecular flexibility index (Phi) is 4.57. The van der Waals surface area contributed by atoms with Crippen molar-refractivity contribution < 1.29 is 24.1 Å². The molecule has 0 heterocycles. The largest absolute Gasteiger partial charge is 0.507 e. The molecule has 22 heavy (non-hydrogen) atoms. The van der Waals surface area contributed by atoms with E-state index in [0.29, 0.717) is 11.3 Å². The van der Waals surface area contributed by atoms with Gasteiger partial charge >= 0.3 is 0 Å². The van der Waals surface area contributed by atoms with Gasteiger partial charge in [-0.25, -0.2) is 9.82 Å². The predicted molar refractivity (Wildman–Crippen MR) is 77.8 cm³/mol. The number of hydrogen-bond donors (Lipinski definition) is 3. The molecular weight excluding hydrogens is 291 g/mol. The summed E-state index contributed by atoms with van der Waals surface area (Å²) >= 11 is 0. The second kappa shape index (κ2) is 6.57. The smallest absolute Gasteiger partial charge is 0.278 e. The molecular formula is C15H13FN2O4. The van der Waals surface area contributed by atoms with E-state index < -0.39 is 23.0 Å². The Morgan fingerprint density at radius 1 is 1.27 bits per heavy atom. The number of halogens is 1. The van der Waals surface area contributed by atoms with Gasteiger partial charge in [0.2, 0.25) is 0 Å². The van der Waals surface area contributed by atoms with Crippen molar-refractivity contribution in [1.29, 1.82) is 0 Å². The number of nitrogens with zero attached hydrogens (tertiary/aromatic N) is 1. The lowest BCUT2D eigenvalue weighted by atomic mass is 10.2. The molecule has 6 nitrogen and oxygen atoms in total. The maximum absolute atomic E-state index is 13.5. The number of carbonyl (C=O) groups excluding carboxylic acids is 1. The minimum Gasteiger partial charge on any atom is -0.507 e. The molecule has 0 saturated heterocycles. The van der Waals surface area contributed by atoms with E-state index in [4.69, 9.17) is 4.74 Å². The molecule has 3 N–H and O–H groups in total. The standard InChI is InChI=1S/C15H13FN2O4/c1-22-10-5-6-12(19)9(7-10)8-17-18-15(21)14-11(16)3-2-4-13(14)20/h2-8,19-20H,1H3,(H,18,21)/b17-8-. The van der Waals surface area contributed by atoms with Crippen molar-refractivity contribution in [1.82, 2.24) is 5.43 Å². The van der Waals surface area contributed by atoms with Crippen molar-refractivity contribution in [2.24, 2.45) is 5.10 Å². The van der Waals surface area contributed by atoms with E-state index in [0.717, 1.165) is 6.07 Å². The summed E-state index contributed by atoms with van der Waals surface area (Å²) in [5.41, 5.74) is 1.87. The maximum Gasteiger partial charge on any atom is 0.278 e. The summed E-state index contributed by atoms with van der Waals surface area (Å²) in [6, 6.07) is 7.99. The van der Waals surface area contributed by atoms with Gasteiger partial charge in [0.25, 0.3) is 5.91 Å². The van der Waals surface area contributed by atoms with E-state index in [9.17, 15) is 19.4 Å². The van der Waals surface area contributed by atoms with Gasteiger partial charge in [-0.3, -0.25) is 4.79 Å². The highest BCUT2D eigenvalue weighted by molar-refractivity contribution is 5.97. The zero-order valence-electron chi connectivity index (χ0n) is 11.6. The quantitative estimate of drug-likeness (QED) is 0.595. The van der Waals surface area contributed by atoms with E-state index in [-0.39, 0.29) is 5.75 Å². The van der Waals surface area contributed by atoms with Gasteiger partial charge in [0.1, 0.15) is 28.6 Å². The highest BCUT2D eigenvalue weighted by Gasteiger charge is 2.15. The van der Waals surface area contributed by atoms with Crippen molar-refractivity contribution in [3.63, 3.8) is 0 Å². The Morgan fingerprint density at radius 3 is 2.73 bits per heavy atom. The molecule has 0 aliphatic rings. The first-order valence-corrected chi connectivity index (χ1v) is 6.21. The first-order valence-electron chi connectivity index (χ1n) is 6.21. The van der Waals surface area contributed by atoms with Crippen LogP contribution in [0.25, 0.3) is 0 Å². The number of ether oxygens (including phenoxy) is 1. The summed E-state index contributed by atoms with van der Waals surface area (Å²) in [4.78, 5) is 11.8. The van der Waals surface area contributed by atoms with Crippen LogP contribution in [0.2, 0.25) is 0 Å². The number of rotatable bonds is 4. The number of amides is 1. The summed E-state index contributed by atoms with van der Waals surface area (Å²) in [7, 11) is 1.47. The highest BCUT2D eigenvalue weighted by Crippen LogP contribution is 2.21. The Bertz CT molecular complexity index is 711. The number of benzene rings is 2. The van der Waals surface area contributed by atoms with Crippen LogP contribution in [0.3, 0.4) is 0 Å². The fourth-order valence-corrected chi connectivity index (χ4v) is 1.72. The molecule has 0 unspecified atom stereocenters. The molecule has 0 aliphatic carbocycles.